The predicted octanol–water partition coefficient (Wildman–Crippen LogP) is 5.58. The van der Waals surface area contributed by atoms with Gasteiger partial charge in [0.1, 0.15) is 13.2 Å². The van der Waals surface area contributed by atoms with E-state index in [0.29, 0.717) is 52.9 Å². The van der Waals surface area contributed by atoms with Gasteiger partial charge in [-0.05, 0) is 66.2 Å². The summed E-state index contributed by atoms with van der Waals surface area (Å²) in [5.41, 5.74) is 2.57. The highest BCUT2D eigenvalue weighted by Gasteiger charge is 2.16. The summed E-state index contributed by atoms with van der Waals surface area (Å²) in [5.74, 6) is 0.577. The molecule has 0 fully saturated rings. The van der Waals surface area contributed by atoms with Crippen LogP contribution in [0.2, 0.25) is 0 Å². The summed E-state index contributed by atoms with van der Waals surface area (Å²) in [6.07, 6.45) is 1.55. The molecule has 34 heavy (non-hydrogen) atoms. The van der Waals surface area contributed by atoms with E-state index in [-0.39, 0.29) is 11.8 Å². The SMILES string of the molecule is Cc1ncc(NC(=O)c2ccc3c(c2)OCCO3)cc1NC(=O)c1ccc2cc(Br)ccc2c1. The molecule has 4 aromatic rings. The van der Waals surface area contributed by atoms with Crippen LogP contribution in [0.15, 0.2) is 71.3 Å². The summed E-state index contributed by atoms with van der Waals surface area (Å²) in [6, 6.07) is 18.1. The quantitative estimate of drug-likeness (QED) is 0.368. The Kier molecular flexibility index (Phi) is 5.90. The predicted molar refractivity (Wildman–Crippen MR) is 134 cm³/mol. The highest BCUT2D eigenvalue weighted by atomic mass is 79.9. The van der Waals surface area contributed by atoms with Crippen molar-refractivity contribution in [3.8, 4) is 11.5 Å². The van der Waals surface area contributed by atoms with Crippen LogP contribution in [0.5, 0.6) is 11.5 Å². The first kappa shape index (κ1) is 21.9. The zero-order valence-electron chi connectivity index (χ0n) is 18.2. The molecule has 0 bridgehead atoms. The number of aromatic nitrogens is 1. The number of amides is 2. The summed E-state index contributed by atoms with van der Waals surface area (Å²) in [4.78, 5) is 30.0. The van der Waals surface area contributed by atoms with Crippen molar-refractivity contribution in [2.24, 2.45) is 0 Å². The highest BCUT2D eigenvalue weighted by Crippen LogP contribution is 2.31. The summed E-state index contributed by atoms with van der Waals surface area (Å²) in [6.45, 7) is 2.72. The van der Waals surface area contributed by atoms with Gasteiger partial charge in [0, 0.05) is 15.6 Å². The fourth-order valence-corrected chi connectivity index (χ4v) is 4.05. The van der Waals surface area contributed by atoms with Gasteiger partial charge >= 0.3 is 0 Å². The van der Waals surface area contributed by atoms with Gasteiger partial charge in [0.15, 0.2) is 11.5 Å². The molecule has 0 saturated carbocycles. The van der Waals surface area contributed by atoms with Crippen molar-refractivity contribution in [3.05, 3.63) is 88.2 Å². The average Bonchev–Trinajstić information content (AvgIpc) is 2.85. The molecule has 0 radical (unpaired) electrons. The van der Waals surface area contributed by atoms with Crippen molar-refractivity contribution in [3.63, 3.8) is 0 Å². The van der Waals surface area contributed by atoms with Crippen LogP contribution in [-0.4, -0.2) is 30.0 Å². The lowest BCUT2D eigenvalue weighted by Gasteiger charge is -2.18. The Balaban J connectivity index is 1.33. The Labute approximate surface area is 204 Å². The monoisotopic (exact) mass is 517 g/mol. The lowest BCUT2D eigenvalue weighted by Crippen LogP contribution is -2.17. The fourth-order valence-electron chi connectivity index (χ4n) is 3.67. The van der Waals surface area contributed by atoms with Gasteiger partial charge in [-0.1, -0.05) is 28.1 Å². The second-order valence-corrected chi connectivity index (χ2v) is 8.75. The molecule has 2 heterocycles. The number of carbonyl (C=O) groups is 2. The first-order valence-corrected chi connectivity index (χ1v) is 11.4. The third-order valence-electron chi connectivity index (χ3n) is 5.46. The van der Waals surface area contributed by atoms with Crippen molar-refractivity contribution >= 4 is 49.9 Å². The van der Waals surface area contributed by atoms with E-state index in [1.54, 1.807) is 43.5 Å². The lowest BCUT2D eigenvalue weighted by atomic mass is 10.1. The number of pyridine rings is 1. The van der Waals surface area contributed by atoms with E-state index in [2.05, 4.69) is 31.5 Å². The molecule has 3 aromatic carbocycles. The second-order valence-electron chi connectivity index (χ2n) is 7.83. The average molecular weight is 518 g/mol. The molecule has 7 nitrogen and oxygen atoms in total. The minimum absolute atomic E-state index is 0.259. The normalized spacial score (nSPS) is 12.3. The molecule has 1 aromatic heterocycles. The molecular weight excluding hydrogens is 498 g/mol. The van der Waals surface area contributed by atoms with Crippen molar-refractivity contribution in [1.82, 2.24) is 4.98 Å². The van der Waals surface area contributed by atoms with E-state index in [1.807, 2.05) is 30.3 Å². The molecule has 0 spiro atoms. The van der Waals surface area contributed by atoms with Gasteiger partial charge in [0.25, 0.3) is 11.8 Å². The van der Waals surface area contributed by atoms with Gasteiger partial charge in [-0.2, -0.15) is 0 Å². The van der Waals surface area contributed by atoms with Gasteiger partial charge in [0.2, 0.25) is 0 Å². The van der Waals surface area contributed by atoms with Crippen molar-refractivity contribution in [2.75, 3.05) is 23.8 Å². The van der Waals surface area contributed by atoms with E-state index >= 15 is 0 Å². The molecule has 0 aliphatic carbocycles. The third kappa shape index (κ3) is 4.58. The van der Waals surface area contributed by atoms with Crippen LogP contribution in [0.1, 0.15) is 26.4 Å². The smallest absolute Gasteiger partial charge is 0.255 e. The molecule has 170 valence electrons. The van der Waals surface area contributed by atoms with Crippen LogP contribution in [0, 0.1) is 6.92 Å². The molecular formula is C26H20BrN3O4. The number of ether oxygens (including phenoxy) is 2. The Morgan fingerprint density at radius 1 is 0.824 bits per heavy atom. The molecule has 5 rings (SSSR count). The summed E-state index contributed by atoms with van der Waals surface area (Å²) >= 11 is 3.46. The minimum atomic E-state index is -0.319. The number of fused-ring (bicyclic) bond motifs is 2. The van der Waals surface area contributed by atoms with Gasteiger partial charge < -0.3 is 20.1 Å². The summed E-state index contributed by atoms with van der Waals surface area (Å²) in [5, 5.41) is 7.72. The molecule has 1 aliphatic heterocycles. The van der Waals surface area contributed by atoms with Crippen molar-refractivity contribution in [2.45, 2.75) is 6.92 Å². The van der Waals surface area contributed by atoms with E-state index in [4.69, 9.17) is 9.47 Å². The second kappa shape index (κ2) is 9.15. The number of nitrogens with one attached hydrogen (secondary N) is 2. The van der Waals surface area contributed by atoms with Crippen LogP contribution in [0.4, 0.5) is 11.4 Å². The number of carbonyl (C=O) groups excluding carboxylic acids is 2. The number of hydrogen-bond donors (Lipinski definition) is 2. The maximum atomic E-state index is 12.9. The molecule has 2 N–H and O–H groups in total. The standard InChI is InChI=1S/C26H20BrN3O4/c1-15-22(30-26(32)18-3-2-17-11-20(27)6-4-16(17)10-18)13-21(14-28-15)29-25(31)19-5-7-23-24(12-19)34-9-8-33-23/h2-7,10-14H,8-9H2,1H3,(H,29,31)(H,30,32). The number of rotatable bonds is 4. The summed E-state index contributed by atoms with van der Waals surface area (Å²) in [7, 11) is 0. The van der Waals surface area contributed by atoms with Crippen LogP contribution in [0.3, 0.4) is 0 Å². The zero-order chi connectivity index (χ0) is 23.7. The summed E-state index contributed by atoms with van der Waals surface area (Å²) < 4.78 is 12.0. The first-order chi connectivity index (χ1) is 16.5. The first-order valence-electron chi connectivity index (χ1n) is 10.6. The van der Waals surface area contributed by atoms with Crippen molar-refractivity contribution < 1.29 is 19.1 Å². The Morgan fingerprint density at radius 3 is 2.35 bits per heavy atom. The Bertz CT molecular complexity index is 1440. The van der Waals surface area contributed by atoms with Crippen molar-refractivity contribution in [1.29, 1.82) is 0 Å². The molecule has 0 unspecified atom stereocenters. The maximum absolute atomic E-state index is 12.9. The van der Waals surface area contributed by atoms with Crippen LogP contribution in [0.25, 0.3) is 10.8 Å². The molecule has 0 saturated heterocycles. The highest BCUT2D eigenvalue weighted by molar-refractivity contribution is 9.10. The number of benzene rings is 3. The zero-order valence-corrected chi connectivity index (χ0v) is 19.8. The Hall–Kier alpha value is -3.91. The van der Waals surface area contributed by atoms with Gasteiger partial charge in [-0.25, -0.2) is 0 Å². The molecule has 0 atom stereocenters. The number of hydrogen-bond acceptors (Lipinski definition) is 5. The van der Waals surface area contributed by atoms with E-state index < -0.39 is 0 Å². The minimum Gasteiger partial charge on any atom is -0.486 e. The molecule has 1 aliphatic rings. The Morgan fingerprint density at radius 2 is 1.50 bits per heavy atom. The topological polar surface area (TPSA) is 89.6 Å². The maximum Gasteiger partial charge on any atom is 0.255 e. The van der Waals surface area contributed by atoms with E-state index in [1.165, 1.54) is 0 Å². The number of halogens is 1. The largest absolute Gasteiger partial charge is 0.486 e. The van der Waals surface area contributed by atoms with Crippen LogP contribution >= 0.6 is 15.9 Å². The van der Waals surface area contributed by atoms with Crippen LogP contribution < -0.4 is 20.1 Å². The lowest BCUT2D eigenvalue weighted by molar-refractivity contribution is 0.101. The van der Waals surface area contributed by atoms with Gasteiger partial charge in [-0.3, -0.25) is 14.6 Å². The fraction of sp³-hybridized carbons (Fsp3) is 0.115. The number of nitrogens with zero attached hydrogens (tertiary/aromatic N) is 1. The van der Waals surface area contributed by atoms with Gasteiger partial charge in [0.05, 0.1) is 23.3 Å². The van der Waals surface area contributed by atoms with Crippen LogP contribution in [-0.2, 0) is 0 Å². The van der Waals surface area contributed by atoms with E-state index in [9.17, 15) is 9.59 Å². The number of aryl methyl sites for hydroxylation is 1. The number of anilines is 2. The molecule has 2 amide bonds. The molecule has 8 heteroatoms. The van der Waals surface area contributed by atoms with E-state index in [0.717, 1.165) is 15.2 Å². The third-order valence-corrected chi connectivity index (χ3v) is 5.96. The van der Waals surface area contributed by atoms with Gasteiger partial charge in [-0.15, -0.1) is 0 Å².